The van der Waals surface area contributed by atoms with Crippen LogP contribution in [0.1, 0.15) is 0 Å². The topological polar surface area (TPSA) is 50.9 Å². The lowest BCUT2D eigenvalue weighted by Gasteiger charge is -2.13. The quantitative estimate of drug-likeness (QED) is 0.619. The molecule has 0 spiro atoms. The smallest absolute Gasteiger partial charge is 0.125 e. The first-order chi connectivity index (χ1) is 10.0. The van der Waals surface area contributed by atoms with E-state index in [4.69, 9.17) is 17.3 Å². The summed E-state index contributed by atoms with van der Waals surface area (Å²) < 4.78 is 13.8. The monoisotopic (exact) mass is 365 g/mol. The summed E-state index contributed by atoms with van der Waals surface area (Å²) in [4.78, 5) is 4.28. The Labute approximate surface area is 134 Å². The number of anilines is 3. The molecule has 3 aromatic rings. The number of nitrogens with one attached hydrogen (secondary N) is 1. The summed E-state index contributed by atoms with van der Waals surface area (Å²) >= 11 is 9.40. The van der Waals surface area contributed by atoms with E-state index in [0.29, 0.717) is 20.9 Å². The third kappa shape index (κ3) is 2.80. The standard InChI is InChI=1S/C15H10BrClFN3/c16-11-5-8(18)6-12(17)15(11)21-13-3-4-20-14-7-9(19)1-2-10(13)14/h1-7H,19H2,(H,20,21). The van der Waals surface area contributed by atoms with Gasteiger partial charge >= 0.3 is 0 Å². The molecule has 3 nitrogen and oxygen atoms in total. The Bertz CT molecular complexity index is 815. The highest BCUT2D eigenvalue weighted by Crippen LogP contribution is 2.35. The van der Waals surface area contributed by atoms with Crippen molar-refractivity contribution in [3.63, 3.8) is 0 Å². The van der Waals surface area contributed by atoms with Gasteiger partial charge in [-0.15, -0.1) is 0 Å². The zero-order chi connectivity index (χ0) is 15.0. The van der Waals surface area contributed by atoms with E-state index >= 15 is 0 Å². The Morgan fingerprint density at radius 3 is 2.76 bits per heavy atom. The van der Waals surface area contributed by atoms with Crippen molar-refractivity contribution in [2.75, 3.05) is 11.1 Å². The summed E-state index contributed by atoms with van der Waals surface area (Å²) in [5.74, 6) is -0.398. The summed E-state index contributed by atoms with van der Waals surface area (Å²) in [5.41, 5.74) is 8.59. The van der Waals surface area contributed by atoms with Crippen molar-refractivity contribution in [1.82, 2.24) is 4.98 Å². The molecule has 3 rings (SSSR count). The van der Waals surface area contributed by atoms with Crippen LogP contribution in [0.15, 0.2) is 47.1 Å². The number of nitrogens with two attached hydrogens (primary N) is 1. The predicted octanol–water partition coefficient (Wildman–Crippen LogP) is 5.12. The van der Waals surface area contributed by atoms with Gasteiger partial charge in [0, 0.05) is 27.4 Å². The fourth-order valence-corrected chi connectivity index (χ4v) is 2.97. The summed E-state index contributed by atoms with van der Waals surface area (Å²) in [6.07, 6.45) is 1.68. The molecular weight excluding hydrogens is 357 g/mol. The largest absolute Gasteiger partial charge is 0.399 e. The third-order valence-electron chi connectivity index (χ3n) is 3.03. The van der Waals surface area contributed by atoms with Gasteiger partial charge in [-0.3, -0.25) is 4.98 Å². The van der Waals surface area contributed by atoms with Gasteiger partial charge in [0.15, 0.2) is 0 Å². The molecule has 106 valence electrons. The molecule has 2 aromatic carbocycles. The van der Waals surface area contributed by atoms with E-state index in [2.05, 4.69) is 26.2 Å². The zero-order valence-electron chi connectivity index (χ0n) is 10.7. The van der Waals surface area contributed by atoms with Gasteiger partial charge in [0.05, 0.1) is 16.2 Å². The fraction of sp³-hybridized carbons (Fsp3) is 0. The number of aromatic nitrogens is 1. The van der Waals surface area contributed by atoms with Crippen LogP contribution in [0.5, 0.6) is 0 Å². The number of nitrogens with zero attached hydrogens (tertiary/aromatic N) is 1. The van der Waals surface area contributed by atoms with Crippen molar-refractivity contribution >= 4 is 55.5 Å². The lowest BCUT2D eigenvalue weighted by molar-refractivity contribution is 0.627. The molecule has 0 atom stereocenters. The maximum atomic E-state index is 13.3. The Morgan fingerprint density at radius 1 is 1.19 bits per heavy atom. The van der Waals surface area contributed by atoms with Gasteiger partial charge in [-0.2, -0.15) is 0 Å². The second-order valence-corrected chi connectivity index (χ2v) is 5.77. The van der Waals surface area contributed by atoms with Gasteiger partial charge in [0.1, 0.15) is 5.82 Å². The molecule has 0 aliphatic heterocycles. The van der Waals surface area contributed by atoms with E-state index in [1.807, 2.05) is 12.1 Å². The lowest BCUT2D eigenvalue weighted by atomic mass is 10.1. The van der Waals surface area contributed by atoms with E-state index in [9.17, 15) is 4.39 Å². The molecule has 0 amide bonds. The summed E-state index contributed by atoms with van der Waals surface area (Å²) in [6.45, 7) is 0. The van der Waals surface area contributed by atoms with Gasteiger partial charge in [0.2, 0.25) is 0 Å². The lowest BCUT2D eigenvalue weighted by Crippen LogP contribution is -1.96. The second-order valence-electron chi connectivity index (χ2n) is 4.50. The molecule has 6 heteroatoms. The zero-order valence-corrected chi connectivity index (χ0v) is 13.0. The van der Waals surface area contributed by atoms with Crippen molar-refractivity contribution in [3.8, 4) is 0 Å². The molecule has 0 bridgehead atoms. The number of halogens is 3. The van der Waals surface area contributed by atoms with E-state index in [-0.39, 0.29) is 0 Å². The first-order valence-electron chi connectivity index (χ1n) is 6.10. The number of benzene rings is 2. The van der Waals surface area contributed by atoms with Crippen LogP contribution in [0.4, 0.5) is 21.5 Å². The highest BCUT2D eigenvalue weighted by molar-refractivity contribution is 9.10. The van der Waals surface area contributed by atoms with Crippen molar-refractivity contribution in [2.24, 2.45) is 0 Å². The van der Waals surface area contributed by atoms with E-state index in [1.165, 1.54) is 12.1 Å². The molecule has 0 unspecified atom stereocenters. The maximum Gasteiger partial charge on any atom is 0.125 e. The van der Waals surface area contributed by atoms with Crippen LogP contribution in [0.25, 0.3) is 10.9 Å². The van der Waals surface area contributed by atoms with Gasteiger partial charge in [-0.25, -0.2) is 4.39 Å². The fourth-order valence-electron chi connectivity index (χ4n) is 2.07. The summed E-state index contributed by atoms with van der Waals surface area (Å²) in [7, 11) is 0. The Hall–Kier alpha value is -1.85. The highest BCUT2D eigenvalue weighted by Gasteiger charge is 2.10. The Kier molecular flexibility index (Phi) is 3.69. The van der Waals surface area contributed by atoms with E-state index in [0.717, 1.165) is 16.6 Å². The number of hydrogen-bond donors (Lipinski definition) is 2. The first kappa shape index (κ1) is 14.1. The van der Waals surface area contributed by atoms with Crippen LogP contribution in [0.3, 0.4) is 0 Å². The predicted molar refractivity (Wildman–Crippen MR) is 88.5 cm³/mol. The van der Waals surface area contributed by atoms with Crippen LogP contribution >= 0.6 is 27.5 Å². The Balaban J connectivity index is 2.11. The molecule has 0 saturated carbocycles. The first-order valence-corrected chi connectivity index (χ1v) is 7.27. The number of rotatable bonds is 2. The number of hydrogen-bond acceptors (Lipinski definition) is 3. The van der Waals surface area contributed by atoms with Crippen molar-refractivity contribution in [2.45, 2.75) is 0 Å². The van der Waals surface area contributed by atoms with Crippen molar-refractivity contribution in [3.05, 3.63) is 57.9 Å². The normalized spacial score (nSPS) is 10.8. The van der Waals surface area contributed by atoms with Crippen LogP contribution in [0.2, 0.25) is 5.02 Å². The van der Waals surface area contributed by atoms with Crippen molar-refractivity contribution in [1.29, 1.82) is 0 Å². The SMILES string of the molecule is Nc1ccc2c(Nc3c(Cl)cc(F)cc3Br)ccnc2c1. The van der Waals surface area contributed by atoms with Crippen molar-refractivity contribution < 1.29 is 4.39 Å². The number of fused-ring (bicyclic) bond motifs is 1. The highest BCUT2D eigenvalue weighted by atomic mass is 79.9. The molecule has 0 saturated heterocycles. The van der Waals surface area contributed by atoms with Gasteiger partial charge in [-0.05, 0) is 52.3 Å². The Morgan fingerprint density at radius 2 is 2.00 bits per heavy atom. The van der Waals surface area contributed by atoms with Gasteiger partial charge < -0.3 is 11.1 Å². The van der Waals surface area contributed by atoms with Crippen LogP contribution in [-0.2, 0) is 0 Å². The minimum atomic E-state index is -0.398. The number of pyridine rings is 1. The molecule has 0 fully saturated rings. The van der Waals surface area contributed by atoms with Crippen LogP contribution < -0.4 is 11.1 Å². The molecule has 0 aliphatic rings. The molecule has 0 radical (unpaired) electrons. The molecule has 1 heterocycles. The second kappa shape index (κ2) is 5.50. The van der Waals surface area contributed by atoms with E-state index < -0.39 is 5.82 Å². The van der Waals surface area contributed by atoms with Crippen LogP contribution in [0, 0.1) is 5.82 Å². The summed E-state index contributed by atoms with van der Waals surface area (Å²) in [6, 6.07) is 9.92. The molecule has 3 N–H and O–H groups in total. The van der Waals surface area contributed by atoms with Gasteiger partial charge in [-0.1, -0.05) is 11.6 Å². The average Bonchev–Trinajstić information content (AvgIpc) is 2.42. The molecule has 0 aliphatic carbocycles. The molecular formula is C15H10BrClFN3. The maximum absolute atomic E-state index is 13.3. The molecule has 21 heavy (non-hydrogen) atoms. The van der Waals surface area contributed by atoms with Crippen LogP contribution in [-0.4, -0.2) is 4.98 Å². The summed E-state index contributed by atoms with van der Waals surface area (Å²) in [5, 5.41) is 4.40. The minimum absolute atomic E-state index is 0.294. The average molecular weight is 367 g/mol. The van der Waals surface area contributed by atoms with Gasteiger partial charge in [0.25, 0.3) is 0 Å². The molecule has 1 aromatic heterocycles. The minimum Gasteiger partial charge on any atom is -0.399 e. The number of nitrogen functional groups attached to an aromatic ring is 1. The third-order valence-corrected chi connectivity index (χ3v) is 3.96. The van der Waals surface area contributed by atoms with E-state index in [1.54, 1.807) is 18.3 Å².